The van der Waals surface area contributed by atoms with Gasteiger partial charge in [-0.15, -0.1) is 0 Å². The van der Waals surface area contributed by atoms with E-state index in [4.69, 9.17) is 9.90 Å². The topological polar surface area (TPSA) is 63.6 Å². The Hall–Kier alpha value is -2.24. The van der Waals surface area contributed by atoms with E-state index in [1.54, 1.807) is 0 Å². The van der Waals surface area contributed by atoms with Gasteiger partial charge in [0.2, 0.25) is 0 Å². The predicted molar refractivity (Wildman–Crippen MR) is 55.3 cm³/mol. The highest BCUT2D eigenvalue weighted by atomic mass is 19.1. The van der Waals surface area contributed by atoms with Gasteiger partial charge in [-0.1, -0.05) is 6.58 Å². The lowest BCUT2D eigenvalue weighted by molar-refractivity contribution is -0.134. The second-order valence-corrected chi connectivity index (χ2v) is 2.72. The van der Waals surface area contributed by atoms with E-state index in [2.05, 4.69) is 11.3 Å². The molecule has 0 bridgehead atoms. The van der Waals surface area contributed by atoms with Crippen molar-refractivity contribution in [3.05, 3.63) is 48.2 Å². The largest absolute Gasteiger partial charge is 0.481 e. The number of carboxylic acid groups (broad SMARTS) is 1. The zero-order valence-corrected chi connectivity index (χ0v) is 8.94. The number of hydrogen-bond acceptors (Lipinski definition) is 3. The number of ether oxygens (including phenoxy) is 1. The Kier molecular flexibility index (Phi) is 6.17. The number of rotatable bonds is 2. The van der Waals surface area contributed by atoms with Crippen LogP contribution in [0.25, 0.3) is 0 Å². The molecule has 1 rings (SSSR count). The first-order valence-corrected chi connectivity index (χ1v) is 4.35. The summed E-state index contributed by atoms with van der Waals surface area (Å²) in [6.07, 6.45) is 0.880. The van der Waals surface area contributed by atoms with Gasteiger partial charge < -0.3 is 9.84 Å². The number of halogens is 2. The smallest absolute Gasteiger partial charge is 0.345 e. The fourth-order valence-corrected chi connectivity index (χ4v) is 0.794. The molecule has 0 aromatic heterocycles. The fourth-order valence-electron chi connectivity index (χ4n) is 0.794. The van der Waals surface area contributed by atoms with Gasteiger partial charge in [0.1, 0.15) is 11.6 Å². The Labute approximate surface area is 96.1 Å². The standard InChI is InChI=1S/C9H6F2O2.C2H4O2/c1-2-13-9(12)7-4-3-6(10)5-8(7)11;1-2(3)4/h2-5H,1H2;1H3,(H,3,4). The second kappa shape index (κ2) is 7.10. The van der Waals surface area contributed by atoms with E-state index in [1.807, 2.05) is 0 Å². The molecule has 0 spiro atoms. The van der Waals surface area contributed by atoms with E-state index in [0.29, 0.717) is 6.07 Å². The van der Waals surface area contributed by atoms with Crippen molar-refractivity contribution >= 4 is 11.9 Å². The van der Waals surface area contributed by atoms with Crippen LogP contribution < -0.4 is 0 Å². The van der Waals surface area contributed by atoms with E-state index in [0.717, 1.165) is 25.3 Å². The molecule has 17 heavy (non-hydrogen) atoms. The third kappa shape index (κ3) is 6.03. The number of esters is 1. The van der Waals surface area contributed by atoms with Gasteiger partial charge in [-0.2, -0.15) is 0 Å². The van der Waals surface area contributed by atoms with E-state index >= 15 is 0 Å². The summed E-state index contributed by atoms with van der Waals surface area (Å²) in [4.78, 5) is 19.9. The Morgan fingerprint density at radius 1 is 1.41 bits per heavy atom. The van der Waals surface area contributed by atoms with Crippen molar-refractivity contribution in [3.63, 3.8) is 0 Å². The van der Waals surface area contributed by atoms with E-state index < -0.39 is 23.6 Å². The molecule has 0 unspecified atom stereocenters. The molecule has 0 aliphatic heterocycles. The molecule has 0 aliphatic carbocycles. The van der Waals surface area contributed by atoms with Crippen LogP contribution in [0.4, 0.5) is 8.78 Å². The lowest BCUT2D eigenvalue weighted by Gasteiger charge is -1.99. The summed E-state index contributed by atoms with van der Waals surface area (Å²) < 4.78 is 29.5. The van der Waals surface area contributed by atoms with Crippen molar-refractivity contribution < 1.29 is 28.2 Å². The first-order valence-electron chi connectivity index (χ1n) is 4.35. The van der Waals surface area contributed by atoms with Gasteiger partial charge in [0.25, 0.3) is 5.97 Å². The normalized spacial score (nSPS) is 8.65. The number of benzene rings is 1. The molecular formula is C11H10F2O4. The highest BCUT2D eigenvalue weighted by molar-refractivity contribution is 5.90. The average Bonchev–Trinajstić information content (AvgIpc) is 2.16. The number of hydrogen-bond donors (Lipinski definition) is 1. The van der Waals surface area contributed by atoms with Gasteiger partial charge in [-0.05, 0) is 12.1 Å². The summed E-state index contributed by atoms with van der Waals surface area (Å²) in [5, 5.41) is 7.42. The van der Waals surface area contributed by atoms with E-state index in [9.17, 15) is 13.6 Å². The molecule has 0 atom stereocenters. The monoisotopic (exact) mass is 244 g/mol. The van der Waals surface area contributed by atoms with Crippen LogP contribution in [-0.2, 0) is 9.53 Å². The minimum absolute atomic E-state index is 0.318. The maximum absolute atomic E-state index is 12.8. The van der Waals surface area contributed by atoms with Gasteiger partial charge in [-0.3, -0.25) is 4.79 Å². The maximum atomic E-state index is 12.8. The maximum Gasteiger partial charge on any atom is 0.345 e. The SMILES string of the molecule is C=COC(=O)c1ccc(F)cc1F.CC(=O)O. The van der Waals surface area contributed by atoms with Crippen LogP contribution in [0.5, 0.6) is 0 Å². The summed E-state index contributed by atoms with van der Waals surface area (Å²) >= 11 is 0. The van der Waals surface area contributed by atoms with Crippen molar-refractivity contribution in [2.24, 2.45) is 0 Å². The van der Waals surface area contributed by atoms with Crippen molar-refractivity contribution in [1.29, 1.82) is 0 Å². The minimum atomic E-state index is -0.952. The molecule has 0 fully saturated rings. The molecule has 0 saturated heterocycles. The predicted octanol–water partition coefficient (Wildman–Crippen LogP) is 2.36. The van der Waals surface area contributed by atoms with Gasteiger partial charge >= 0.3 is 5.97 Å². The molecule has 0 radical (unpaired) electrons. The Morgan fingerprint density at radius 2 is 1.94 bits per heavy atom. The zero-order chi connectivity index (χ0) is 13.4. The van der Waals surface area contributed by atoms with Gasteiger partial charge in [0.05, 0.1) is 11.8 Å². The first kappa shape index (κ1) is 14.8. The second-order valence-electron chi connectivity index (χ2n) is 2.72. The molecule has 1 aromatic carbocycles. The lowest BCUT2D eigenvalue weighted by atomic mass is 10.2. The van der Waals surface area contributed by atoms with E-state index in [-0.39, 0.29) is 5.56 Å². The van der Waals surface area contributed by atoms with E-state index in [1.165, 1.54) is 0 Å². The number of carboxylic acids is 1. The van der Waals surface area contributed by atoms with Crippen molar-refractivity contribution in [2.75, 3.05) is 0 Å². The first-order chi connectivity index (χ1) is 7.88. The molecular weight excluding hydrogens is 234 g/mol. The Bertz CT molecular complexity index is 425. The minimum Gasteiger partial charge on any atom is -0.481 e. The van der Waals surface area contributed by atoms with Crippen LogP contribution >= 0.6 is 0 Å². The van der Waals surface area contributed by atoms with Gasteiger partial charge in [0, 0.05) is 13.0 Å². The summed E-state index contributed by atoms with van der Waals surface area (Å²) in [6, 6.07) is 2.60. The van der Waals surface area contributed by atoms with Crippen molar-refractivity contribution in [3.8, 4) is 0 Å². The molecule has 1 N–H and O–H groups in total. The van der Waals surface area contributed by atoms with Crippen LogP contribution in [0, 0.1) is 11.6 Å². The van der Waals surface area contributed by atoms with Crippen LogP contribution in [0.2, 0.25) is 0 Å². The van der Waals surface area contributed by atoms with Crippen LogP contribution in [-0.4, -0.2) is 17.0 Å². The highest BCUT2D eigenvalue weighted by Crippen LogP contribution is 2.10. The highest BCUT2D eigenvalue weighted by Gasteiger charge is 2.12. The summed E-state index contributed by atoms with van der Waals surface area (Å²) in [7, 11) is 0. The molecule has 0 saturated carbocycles. The molecule has 6 heteroatoms. The quantitative estimate of drug-likeness (QED) is 0.640. The Balaban J connectivity index is 0.000000557. The van der Waals surface area contributed by atoms with Crippen LogP contribution in [0.15, 0.2) is 31.0 Å². The number of aliphatic carboxylic acids is 1. The molecule has 0 aliphatic rings. The molecule has 1 aromatic rings. The molecule has 0 amide bonds. The van der Waals surface area contributed by atoms with Crippen molar-refractivity contribution in [2.45, 2.75) is 6.92 Å². The average molecular weight is 244 g/mol. The number of carbonyl (C=O) groups excluding carboxylic acids is 1. The van der Waals surface area contributed by atoms with Crippen LogP contribution in [0.3, 0.4) is 0 Å². The summed E-state index contributed by atoms with van der Waals surface area (Å²) in [5.74, 6) is -3.42. The number of carbonyl (C=O) groups is 2. The van der Waals surface area contributed by atoms with Crippen LogP contribution in [0.1, 0.15) is 17.3 Å². The lowest BCUT2D eigenvalue weighted by Crippen LogP contribution is -2.03. The third-order valence-electron chi connectivity index (χ3n) is 1.34. The molecule has 92 valence electrons. The fraction of sp³-hybridized carbons (Fsp3) is 0.0909. The Morgan fingerprint density at radius 3 is 2.35 bits per heavy atom. The van der Waals surface area contributed by atoms with Gasteiger partial charge in [-0.25, -0.2) is 13.6 Å². The molecule has 0 heterocycles. The summed E-state index contributed by atoms with van der Waals surface area (Å²) in [5.41, 5.74) is -0.318. The zero-order valence-electron chi connectivity index (χ0n) is 8.94. The summed E-state index contributed by atoms with van der Waals surface area (Å²) in [6.45, 7) is 4.22. The third-order valence-corrected chi connectivity index (χ3v) is 1.34. The molecule has 4 nitrogen and oxygen atoms in total. The van der Waals surface area contributed by atoms with Crippen molar-refractivity contribution in [1.82, 2.24) is 0 Å². The van der Waals surface area contributed by atoms with Gasteiger partial charge in [0.15, 0.2) is 0 Å².